The summed E-state index contributed by atoms with van der Waals surface area (Å²) in [5.74, 6) is -0.916. The molecule has 1 heterocycles. The van der Waals surface area contributed by atoms with Crippen molar-refractivity contribution in [2.24, 2.45) is 0 Å². The molecule has 0 saturated carbocycles. The van der Waals surface area contributed by atoms with E-state index in [1.165, 1.54) is 13.2 Å². The number of anilines is 2. The van der Waals surface area contributed by atoms with E-state index in [0.29, 0.717) is 11.3 Å². The fraction of sp³-hybridized carbons (Fsp3) is 0.0625. The molecule has 0 atom stereocenters. The van der Waals surface area contributed by atoms with Crippen molar-refractivity contribution in [1.29, 1.82) is 0 Å². The summed E-state index contributed by atoms with van der Waals surface area (Å²) in [5, 5.41) is 10.2. The largest absolute Gasteiger partial charge is 0.497 e. The lowest BCUT2D eigenvalue weighted by Gasteiger charge is -2.07. The number of hydrogen-bond donors (Lipinski definition) is 2. The lowest BCUT2D eigenvalue weighted by molar-refractivity contribution is 0.415. The van der Waals surface area contributed by atoms with Gasteiger partial charge >= 0.3 is 0 Å². The van der Waals surface area contributed by atoms with Gasteiger partial charge in [0.15, 0.2) is 5.69 Å². The fourth-order valence-corrected chi connectivity index (χ4v) is 2.05. The van der Waals surface area contributed by atoms with Crippen LogP contribution >= 0.6 is 0 Å². The Labute approximate surface area is 135 Å². The van der Waals surface area contributed by atoms with Gasteiger partial charge in [-0.05, 0) is 36.4 Å². The number of nitrogens with zero attached hydrogens (tertiary/aromatic N) is 2. The lowest BCUT2D eigenvalue weighted by atomic mass is 10.1. The van der Waals surface area contributed by atoms with Gasteiger partial charge in [-0.25, -0.2) is 8.78 Å². The monoisotopic (exact) mass is 330 g/mol. The predicted molar refractivity (Wildman–Crippen MR) is 84.3 cm³/mol. The summed E-state index contributed by atoms with van der Waals surface area (Å²) in [5.41, 5.74) is 0.144. The maximum absolute atomic E-state index is 13.6. The van der Waals surface area contributed by atoms with Crippen molar-refractivity contribution in [1.82, 2.24) is 15.2 Å². The topological polar surface area (TPSA) is 79.9 Å². The molecule has 0 aliphatic heterocycles. The van der Waals surface area contributed by atoms with Gasteiger partial charge in [-0.2, -0.15) is 0 Å². The van der Waals surface area contributed by atoms with E-state index in [-0.39, 0.29) is 17.3 Å². The number of aromatic amines is 1. The third kappa shape index (κ3) is 3.22. The molecular formula is C16H12F2N4O2. The van der Waals surface area contributed by atoms with Gasteiger partial charge in [0.05, 0.1) is 12.8 Å². The highest BCUT2D eigenvalue weighted by atomic mass is 19.1. The Morgan fingerprint density at radius 3 is 2.46 bits per heavy atom. The number of methoxy groups -OCH3 is 1. The van der Waals surface area contributed by atoms with Gasteiger partial charge in [-0.3, -0.25) is 9.78 Å². The number of H-pyrrole nitrogens is 1. The number of aromatic nitrogens is 3. The summed E-state index contributed by atoms with van der Waals surface area (Å²) in [7, 11) is 1.54. The molecule has 1 aromatic heterocycles. The zero-order chi connectivity index (χ0) is 17.1. The molecule has 0 fully saturated rings. The number of benzene rings is 2. The van der Waals surface area contributed by atoms with Crippen LogP contribution in [0.15, 0.2) is 47.3 Å². The Morgan fingerprint density at radius 2 is 1.83 bits per heavy atom. The molecule has 0 aliphatic rings. The Balaban J connectivity index is 1.87. The average molecular weight is 330 g/mol. The van der Waals surface area contributed by atoms with Crippen LogP contribution < -0.4 is 15.6 Å². The minimum absolute atomic E-state index is 0.0291. The van der Waals surface area contributed by atoms with Gasteiger partial charge in [0.25, 0.3) is 5.56 Å². The summed E-state index contributed by atoms with van der Waals surface area (Å²) in [6.45, 7) is 0. The van der Waals surface area contributed by atoms with Crippen LogP contribution in [-0.4, -0.2) is 22.3 Å². The first-order chi connectivity index (χ1) is 11.6. The molecule has 0 amide bonds. The number of ether oxygens (including phenoxy) is 1. The van der Waals surface area contributed by atoms with Crippen LogP contribution in [0.2, 0.25) is 0 Å². The van der Waals surface area contributed by atoms with Crippen molar-refractivity contribution in [3.63, 3.8) is 0 Å². The first-order valence-electron chi connectivity index (χ1n) is 6.90. The summed E-state index contributed by atoms with van der Waals surface area (Å²) in [6.07, 6.45) is 0. The highest BCUT2D eigenvalue weighted by molar-refractivity contribution is 5.60. The molecule has 0 radical (unpaired) electrons. The van der Waals surface area contributed by atoms with Crippen LogP contribution in [0, 0.1) is 11.6 Å². The van der Waals surface area contributed by atoms with Gasteiger partial charge < -0.3 is 10.1 Å². The molecule has 0 unspecified atom stereocenters. The maximum Gasteiger partial charge on any atom is 0.279 e. The van der Waals surface area contributed by atoms with Crippen molar-refractivity contribution in [2.75, 3.05) is 12.4 Å². The predicted octanol–water partition coefficient (Wildman–Crippen LogP) is 2.86. The molecule has 0 spiro atoms. The molecule has 3 rings (SSSR count). The summed E-state index contributed by atoms with van der Waals surface area (Å²) in [4.78, 5) is 14.6. The van der Waals surface area contributed by atoms with E-state index in [1.54, 1.807) is 24.3 Å². The molecular weight excluding hydrogens is 318 g/mol. The highest BCUT2D eigenvalue weighted by Gasteiger charge is 2.10. The summed E-state index contributed by atoms with van der Waals surface area (Å²) in [6, 6.07) is 9.73. The van der Waals surface area contributed by atoms with Gasteiger partial charge in [0.2, 0.25) is 5.95 Å². The molecule has 0 bridgehead atoms. The molecule has 2 N–H and O–H groups in total. The van der Waals surface area contributed by atoms with Crippen LogP contribution in [-0.2, 0) is 0 Å². The molecule has 6 nitrogen and oxygen atoms in total. The second-order valence-corrected chi connectivity index (χ2v) is 4.83. The third-order valence-corrected chi connectivity index (χ3v) is 3.24. The molecule has 0 aliphatic carbocycles. The zero-order valence-electron chi connectivity index (χ0n) is 12.5. The van der Waals surface area contributed by atoms with Gasteiger partial charge in [0, 0.05) is 11.6 Å². The lowest BCUT2D eigenvalue weighted by Crippen LogP contribution is -2.15. The van der Waals surface area contributed by atoms with Crippen molar-refractivity contribution in [2.45, 2.75) is 0 Å². The minimum atomic E-state index is -0.808. The van der Waals surface area contributed by atoms with Gasteiger partial charge in [-0.15, -0.1) is 10.2 Å². The van der Waals surface area contributed by atoms with E-state index in [0.717, 1.165) is 12.1 Å². The van der Waals surface area contributed by atoms with Gasteiger partial charge in [-0.1, -0.05) is 0 Å². The van der Waals surface area contributed by atoms with Crippen molar-refractivity contribution in [3.05, 3.63) is 64.5 Å². The molecule has 2 aromatic carbocycles. The van der Waals surface area contributed by atoms with Crippen LogP contribution in [0.3, 0.4) is 0 Å². The van der Waals surface area contributed by atoms with Gasteiger partial charge in [0.1, 0.15) is 17.4 Å². The normalized spacial score (nSPS) is 10.5. The van der Waals surface area contributed by atoms with Crippen LogP contribution in [0.5, 0.6) is 5.75 Å². The van der Waals surface area contributed by atoms with E-state index < -0.39 is 17.2 Å². The van der Waals surface area contributed by atoms with Crippen LogP contribution in [0.1, 0.15) is 0 Å². The Bertz CT molecular complexity index is 926. The molecule has 24 heavy (non-hydrogen) atoms. The first kappa shape index (κ1) is 15.6. The smallest absolute Gasteiger partial charge is 0.279 e. The number of halogens is 2. The Kier molecular flexibility index (Phi) is 4.19. The van der Waals surface area contributed by atoms with Crippen molar-refractivity contribution >= 4 is 11.6 Å². The second-order valence-electron chi connectivity index (χ2n) is 4.83. The zero-order valence-corrected chi connectivity index (χ0v) is 12.5. The first-order valence-corrected chi connectivity index (χ1v) is 6.90. The number of rotatable bonds is 4. The Hall–Kier alpha value is -3.29. The molecule has 8 heteroatoms. The van der Waals surface area contributed by atoms with Crippen LogP contribution in [0.25, 0.3) is 11.3 Å². The minimum Gasteiger partial charge on any atom is -0.497 e. The quantitative estimate of drug-likeness (QED) is 0.769. The highest BCUT2D eigenvalue weighted by Crippen LogP contribution is 2.19. The number of nitrogens with one attached hydrogen (secondary N) is 2. The van der Waals surface area contributed by atoms with Crippen molar-refractivity contribution < 1.29 is 13.5 Å². The molecule has 3 aromatic rings. The summed E-state index contributed by atoms with van der Waals surface area (Å²) < 4.78 is 31.5. The SMILES string of the molecule is COc1ccc(-c2nnc(Nc3ccc(F)cc3F)[nH]c2=O)cc1. The Morgan fingerprint density at radius 1 is 1.08 bits per heavy atom. The number of hydrogen-bond acceptors (Lipinski definition) is 5. The third-order valence-electron chi connectivity index (χ3n) is 3.24. The average Bonchev–Trinajstić information content (AvgIpc) is 2.58. The standard InChI is InChI=1S/C16H12F2N4O2/c1-24-11-5-2-9(3-6-11)14-15(23)20-16(22-21-14)19-13-7-4-10(17)8-12(13)18/h2-8H,1H3,(H2,19,20,22,23). The molecule has 122 valence electrons. The second kappa shape index (κ2) is 6.45. The van der Waals surface area contributed by atoms with Crippen LogP contribution in [0.4, 0.5) is 20.4 Å². The van der Waals surface area contributed by atoms with Crippen molar-refractivity contribution in [3.8, 4) is 17.0 Å². The van der Waals surface area contributed by atoms with E-state index in [9.17, 15) is 13.6 Å². The molecule has 0 saturated heterocycles. The van der Waals surface area contributed by atoms with E-state index in [4.69, 9.17) is 4.74 Å². The summed E-state index contributed by atoms with van der Waals surface area (Å²) >= 11 is 0. The fourth-order valence-electron chi connectivity index (χ4n) is 2.05. The van der Waals surface area contributed by atoms with E-state index >= 15 is 0 Å². The maximum atomic E-state index is 13.6. The van der Waals surface area contributed by atoms with E-state index in [2.05, 4.69) is 20.5 Å². The van der Waals surface area contributed by atoms with E-state index in [1.807, 2.05) is 0 Å².